The molecule has 3 amide bonds. The molecule has 4 rings (SSSR count). The number of likely N-dealkylation sites (N-methyl/N-ethyl adjacent to an activating group) is 1. The predicted molar refractivity (Wildman–Crippen MR) is 142 cm³/mol. The van der Waals surface area contributed by atoms with E-state index in [2.05, 4.69) is 26.2 Å². The van der Waals surface area contributed by atoms with Crippen molar-refractivity contribution in [1.29, 1.82) is 0 Å². The maximum Gasteiger partial charge on any atom is 0.256 e. The molecule has 0 aromatic heterocycles. The molecule has 3 unspecified atom stereocenters. The van der Waals surface area contributed by atoms with E-state index in [0.29, 0.717) is 55.8 Å². The predicted octanol–water partition coefficient (Wildman–Crippen LogP) is 2.38. The first kappa shape index (κ1) is 26.5. The minimum absolute atomic E-state index is 0.0576. The number of amides is 3. The molecule has 0 radical (unpaired) electrons. The number of rotatable bonds is 11. The summed E-state index contributed by atoms with van der Waals surface area (Å²) in [6.45, 7) is 7.33. The third-order valence-corrected chi connectivity index (χ3v) is 6.99. The van der Waals surface area contributed by atoms with E-state index in [1.54, 1.807) is 6.07 Å². The highest BCUT2D eigenvalue weighted by Crippen LogP contribution is 2.40. The van der Waals surface area contributed by atoms with Gasteiger partial charge in [-0.05, 0) is 49.2 Å². The first-order valence-electron chi connectivity index (χ1n) is 12.8. The lowest BCUT2D eigenvalue weighted by Gasteiger charge is -2.22. The zero-order valence-corrected chi connectivity index (χ0v) is 21.2. The molecule has 2 aromatic rings. The van der Waals surface area contributed by atoms with Crippen molar-refractivity contribution in [2.45, 2.75) is 32.4 Å². The largest absolute Gasteiger partial charge is 0.357 e. The normalized spacial score (nSPS) is 21.7. The minimum atomic E-state index is -0.345. The average molecular weight is 508 g/mol. The zero-order chi connectivity index (χ0) is 26.4. The van der Waals surface area contributed by atoms with Gasteiger partial charge in [0.25, 0.3) is 5.91 Å². The molecule has 37 heavy (non-hydrogen) atoms. The molecule has 8 nitrogen and oxygen atoms in total. The van der Waals surface area contributed by atoms with E-state index in [1.807, 2.05) is 44.2 Å². The fourth-order valence-electron chi connectivity index (χ4n) is 5.14. The zero-order valence-electron chi connectivity index (χ0n) is 21.2. The third-order valence-electron chi connectivity index (χ3n) is 6.99. The van der Waals surface area contributed by atoms with E-state index in [-0.39, 0.29) is 35.6 Å². The molecule has 1 saturated heterocycles. The van der Waals surface area contributed by atoms with Crippen molar-refractivity contribution in [2.75, 3.05) is 38.0 Å². The van der Waals surface area contributed by atoms with Crippen molar-refractivity contribution < 1.29 is 18.8 Å². The Labute approximate surface area is 216 Å². The van der Waals surface area contributed by atoms with Gasteiger partial charge >= 0.3 is 0 Å². The van der Waals surface area contributed by atoms with Crippen molar-refractivity contribution >= 4 is 29.5 Å². The topological polar surface area (TPSA) is 103 Å². The number of nitrogens with one attached hydrogen (secondary N) is 4. The molecular weight excluding hydrogens is 473 g/mol. The Morgan fingerprint density at radius 3 is 2.73 bits per heavy atom. The maximum absolute atomic E-state index is 14.0. The number of fused-ring (bicyclic) bond motifs is 1. The molecule has 2 heterocycles. The minimum Gasteiger partial charge on any atom is -0.357 e. The first-order valence-corrected chi connectivity index (χ1v) is 12.8. The Kier molecular flexibility index (Phi) is 8.68. The van der Waals surface area contributed by atoms with Gasteiger partial charge in [-0.15, -0.1) is 0 Å². The van der Waals surface area contributed by atoms with Crippen LogP contribution in [0.25, 0.3) is 16.7 Å². The highest BCUT2D eigenvalue weighted by atomic mass is 19.1. The molecule has 2 aromatic carbocycles. The Morgan fingerprint density at radius 2 is 1.97 bits per heavy atom. The van der Waals surface area contributed by atoms with Crippen LogP contribution >= 0.6 is 0 Å². The molecule has 2 aliphatic heterocycles. The van der Waals surface area contributed by atoms with Gasteiger partial charge in [-0.25, -0.2) is 4.39 Å². The summed E-state index contributed by atoms with van der Waals surface area (Å²) in [4.78, 5) is 38.8. The molecule has 4 N–H and O–H groups in total. The summed E-state index contributed by atoms with van der Waals surface area (Å²) in [5.41, 5.74) is 3.33. The Hall–Kier alpha value is -3.56. The molecule has 0 spiro atoms. The number of benzene rings is 2. The molecule has 3 atom stereocenters. The van der Waals surface area contributed by atoms with Gasteiger partial charge in [-0.2, -0.15) is 0 Å². The summed E-state index contributed by atoms with van der Waals surface area (Å²) in [5.74, 6) is -0.963. The van der Waals surface area contributed by atoms with Crippen LogP contribution in [0.15, 0.2) is 48.5 Å². The van der Waals surface area contributed by atoms with Gasteiger partial charge < -0.3 is 26.2 Å². The van der Waals surface area contributed by atoms with Gasteiger partial charge in [-0.1, -0.05) is 37.3 Å². The van der Waals surface area contributed by atoms with Crippen LogP contribution in [0.4, 0.5) is 10.1 Å². The Balaban J connectivity index is 1.51. The van der Waals surface area contributed by atoms with Crippen LogP contribution in [0.1, 0.15) is 25.8 Å². The molecule has 196 valence electrons. The summed E-state index contributed by atoms with van der Waals surface area (Å²) in [5, 5.41) is 12.1. The molecular formula is C28H34FN5O3. The van der Waals surface area contributed by atoms with Crippen LogP contribution in [-0.2, 0) is 14.4 Å². The molecule has 0 saturated carbocycles. The van der Waals surface area contributed by atoms with E-state index in [1.165, 1.54) is 12.1 Å². The van der Waals surface area contributed by atoms with Crippen LogP contribution < -0.4 is 21.3 Å². The smallest absolute Gasteiger partial charge is 0.256 e. The second kappa shape index (κ2) is 12.1. The summed E-state index contributed by atoms with van der Waals surface area (Å²) in [7, 11) is 0. The van der Waals surface area contributed by atoms with Crippen molar-refractivity contribution in [1.82, 2.24) is 20.9 Å². The van der Waals surface area contributed by atoms with Crippen LogP contribution in [0.5, 0.6) is 0 Å². The number of hydrogen-bond acceptors (Lipinski definition) is 5. The van der Waals surface area contributed by atoms with Crippen molar-refractivity contribution in [3.8, 4) is 11.1 Å². The Bertz CT molecular complexity index is 1180. The highest BCUT2D eigenvalue weighted by Gasteiger charge is 2.37. The van der Waals surface area contributed by atoms with Gasteiger partial charge in [0.15, 0.2) is 0 Å². The molecule has 9 heteroatoms. The molecule has 2 aliphatic rings. The quantitative estimate of drug-likeness (QED) is 0.213. The van der Waals surface area contributed by atoms with Gasteiger partial charge in [-0.3, -0.25) is 14.4 Å². The van der Waals surface area contributed by atoms with E-state index in [0.717, 1.165) is 17.7 Å². The number of nitrogens with zero attached hydrogens (tertiary/aromatic N) is 1. The van der Waals surface area contributed by atoms with Gasteiger partial charge in [0, 0.05) is 55.1 Å². The Morgan fingerprint density at radius 1 is 1.19 bits per heavy atom. The first-order chi connectivity index (χ1) is 17.9. The maximum atomic E-state index is 14.0. The number of carbonyl (C=O) groups is 3. The third kappa shape index (κ3) is 6.23. The van der Waals surface area contributed by atoms with Crippen molar-refractivity contribution in [2.24, 2.45) is 5.92 Å². The summed E-state index contributed by atoms with van der Waals surface area (Å²) < 4.78 is 14.0. The van der Waals surface area contributed by atoms with Crippen LogP contribution in [-0.4, -0.2) is 67.9 Å². The number of anilines is 1. The van der Waals surface area contributed by atoms with E-state index < -0.39 is 0 Å². The highest BCUT2D eigenvalue weighted by molar-refractivity contribution is 6.33. The van der Waals surface area contributed by atoms with Crippen molar-refractivity contribution in [3.63, 3.8) is 0 Å². The van der Waals surface area contributed by atoms with E-state index >= 15 is 0 Å². The fourth-order valence-corrected chi connectivity index (χ4v) is 5.14. The molecule has 0 aliphatic carbocycles. The summed E-state index contributed by atoms with van der Waals surface area (Å²) in [6.07, 6.45) is 3.19. The number of hydrogen-bond donors (Lipinski definition) is 4. The lowest BCUT2D eigenvalue weighted by molar-refractivity contribution is -0.125. The summed E-state index contributed by atoms with van der Waals surface area (Å²) in [6, 6.07) is 11.7. The van der Waals surface area contributed by atoms with Crippen LogP contribution in [0, 0.1) is 11.7 Å². The molecule has 1 fully saturated rings. The van der Waals surface area contributed by atoms with Gasteiger partial charge in [0.1, 0.15) is 5.82 Å². The van der Waals surface area contributed by atoms with Gasteiger partial charge in [0.05, 0.1) is 5.92 Å². The average Bonchev–Trinajstić information content (AvgIpc) is 3.41. The monoisotopic (exact) mass is 507 g/mol. The van der Waals surface area contributed by atoms with Crippen molar-refractivity contribution in [3.05, 3.63) is 59.9 Å². The van der Waals surface area contributed by atoms with Crippen LogP contribution in [0.2, 0.25) is 0 Å². The second-order valence-corrected chi connectivity index (χ2v) is 9.51. The standard InChI is InChI=1S/C28H34FN5O3/c1-3-34(12-10-30-17-35)13-11-31-27(36)22-14-18(2)32-25(22)16-23-26-21(19-6-4-7-20(29)15-19)8-5-9-24(26)33-28(23)37/h4-9,15-18,22,25,32H,3,10-14H2,1-2H3,(H,30,35)(H,31,36)(H,33,37)/b23-16-. The number of carbonyl (C=O) groups excluding carboxylic acids is 3. The van der Waals surface area contributed by atoms with E-state index in [9.17, 15) is 18.8 Å². The second-order valence-electron chi connectivity index (χ2n) is 9.51. The summed E-state index contributed by atoms with van der Waals surface area (Å²) >= 11 is 0. The lowest BCUT2D eigenvalue weighted by Crippen LogP contribution is -2.42. The number of halogens is 1. The van der Waals surface area contributed by atoms with Crippen LogP contribution in [0.3, 0.4) is 0 Å². The molecule has 0 bridgehead atoms. The van der Waals surface area contributed by atoms with E-state index in [4.69, 9.17) is 0 Å². The SMILES string of the molecule is CCN(CCNC=O)CCNC(=O)C1CC(C)NC1/C=C1\C(=O)Nc2cccc(-c3cccc(F)c3)c21. The van der Waals surface area contributed by atoms with Gasteiger partial charge in [0.2, 0.25) is 12.3 Å². The lowest BCUT2D eigenvalue weighted by atomic mass is 9.91. The fraction of sp³-hybridized carbons (Fsp3) is 0.393.